The summed E-state index contributed by atoms with van der Waals surface area (Å²) < 4.78 is 31.1. The van der Waals surface area contributed by atoms with E-state index in [1.54, 1.807) is 0 Å². The van der Waals surface area contributed by atoms with Crippen molar-refractivity contribution in [1.29, 1.82) is 0 Å². The van der Waals surface area contributed by atoms with Gasteiger partial charge in [-0.1, -0.05) is 13.8 Å². The minimum Gasteiger partial charge on any atom is -0.468 e. The van der Waals surface area contributed by atoms with Gasteiger partial charge in [0.05, 0.1) is 19.5 Å². The molecule has 0 aromatic carbocycles. The summed E-state index contributed by atoms with van der Waals surface area (Å²) >= 11 is 5.50. The molecule has 9 heteroatoms. The number of nitrogens with one attached hydrogen (secondary N) is 1. The number of carbonyl (C=O) groups is 1. The third-order valence-corrected chi connectivity index (χ3v) is 4.02. The van der Waals surface area contributed by atoms with Gasteiger partial charge in [0, 0.05) is 0 Å². The van der Waals surface area contributed by atoms with Gasteiger partial charge in [-0.15, -0.1) is 0 Å². The van der Waals surface area contributed by atoms with E-state index in [4.69, 9.17) is 11.6 Å². The molecule has 1 aromatic rings. The van der Waals surface area contributed by atoms with Crippen molar-refractivity contribution >= 4 is 27.6 Å². The van der Waals surface area contributed by atoms with Gasteiger partial charge in [0.25, 0.3) is 0 Å². The molecule has 7 nitrogen and oxygen atoms in total. The predicted octanol–water partition coefficient (Wildman–Crippen LogP) is 0.996. The van der Waals surface area contributed by atoms with Crippen LogP contribution in [-0.2, 0) is 19.6 Å². The lowest BCUT2D eigenvalue weighted by Gasteiger charge is -2.18. The first kappa shape index (κ1) is 16.8. The van der Waals surface area contributed by atoms with Crippen LogP contribution in [0.15, 0.2) is 17.3 Å². The van der Waals surface area contributed by atoms with Crippen LogP contribution in [0, 0.1) is 5.92 Å². The van der Waals surface area contributed by atoms with Crippen molar-refractivity contribution in [3.05, 3.63) is 17.7 Å². The molecule has 112 valence electrons. The summed E-state index contributed by atoms with van der Waals surface area (Å²) in [4.78, 5) is 18.6. The Labute approximate surface area is 122 Å². The Hall–Kier alpha value is -1.25. The molecule has 20 heavy (non-hydrogen) atoms. The van der Waals surface area contributed by atoms with Gasteiger partial charge in [-0.3, -0.25) is 4.79 Å². The summed E-state index contributed by atoms with van der Waals surface area (Å²) in [6.45, 7) is 3.74. The van der Waals surface area contributed by atoms with Gasteiger partial charge in [-0.25, -0.2) is 18.4 Å². The molecule has 1 atom stereocenters. The SMILES string of the molecule is COC(=O)C(CC(C)C)NS(=O)(=O)c1cnc(Cl)nc1. The Bertz CT molecular complexity index is 560. The normalized spacial score (nSPS) is 13.2. The zero-order valence-electron chi connectivity index (χ0n) is 11.3. The number of hydrogen-bond acceptors (Lipinski definition) is 6. The fraction of sp³-hybridized carbons (Fsp3) is 0.545. The fourth-order valence-corrected chi connectivity index (χ4v) is 2.68. The molecule has 1 unspecified atom stereocenters. The van der Waals surface area contributed by atoms with Crippen molar-refractivity contribution in [1.82, 2.24) is 14.7 Å². The van der Waals surface area contributed by atoms with Crippen molar-refractivity contribution in [3.8, 4) is 0 Å². The number of nitrogens with zero attached hydrogens (tertiary/aromatic N) is 2. The van der Waals surface area contributed by atoms with Crippen LogP contribution < -0.4 is 4.72 Å². The zero-order chi connectivity index (χ0) is 15.3. The summed E-state index contributed by atoms with van der Waals surface area (Å²) in [7, 11) is -2.71. The molecule has 1 N–H and O–H groups in total. The molecule has 1 aromatic heterocycles. The molecule has 0 amide bonds. The maximum Gasteiger partial charge on any atom is 0.323 e. The van der Waals surface area contributed by atoms with Gasteiger partial charge in [0.2, 0.25) is 15.3 Å². The highest BCUT2D eigenvalue weighted by Crippen LogP contribution is 2.12. The molecular formula is C11H16ClN3O4S. The Morgan fingerprint density at radius 1 is 1.40 bits per heavy atom. The molecule has 0 fully saturated rings. The van der Waals surface area contributed by atoms with E-state index < -0.39 is 22.0 Å². The summed E-state index contributed by atoms with van der Waals surface area (Å²) in [5.41, 5.74) is 0. The minimum atomic E-state index is -3.91. The van der Waals surface area contributed by atoms with E-state index in [0.717, 1.165) is 12.4 Å². The smallest absolute Gasteiger partial charge is 0.323 e. The van der Waals surface area contributed by atoms with Gasteiger partial charge in [0.15, 0.2) is 0 Å². The molecular weight excluding hydrogens is 306 g/mol. The Kier molecular flexibility index (Phi) is 5.85. The summed E-state index contributed by atoms with van der Waals surface area (Å²) in [5.74, 6) is -0.527. The van der Waals surface area contributed by atoms with Crippen molar-refractivity contribution in [3.63, 3.8) is 0 Å². The molecule has 1 rings (SSSR count). The summed E-state index contributed by atoms with van der Waals surface area (Å²) in [5, 5.41) is -0.0596. The predicted molar refractivity (Wildman–Crippen MR) is 72.6 cm³/mol. The number of hydrogen-bond donors (Lipinski definition) is 1. The fourth-order valence-electron chi connectivity index (χ4n) is 1.50. The molecule has 0 radical (unpaired) electrons. The maximum atomic E-state index is 12.1. The summed E-state index contributed by atoms with van der Waals surface area (Å²) in [6.07, 6.45) is 2.46. The highest BCUT2D eigenvalue weighted by molar-refractivity contribution is 7.89. The van der Waals surface area contributed by atoms with Crippen LogP contribution in [0.25, 0.3) is 0 Å². The molecule has 0 aliphatic heterocycles. The van der Waals surface area contributed by atoms with Crippen LogP contribution in [0.5, 0.6) is 0 Å². The Balaban J connectivity index is 2.96. The lowest BCUT2D eigenvalue weighted by Crippen LogP contribution is -2.42. The highest BCUT2D eigenvalue weighted by Gasteiger charge is 2.27. The zero-order valence-corrected chi connectivity index (χ0v) is 12.9. The van der Waals surface area contributed by atoms with Crippen LogP contribution in [-0.4, -0.2) is 37.5 Å². The average Bonchev–Trinajstić information content (AvgIpc) is 2.36. The second-order valence-corrected chi connectivity index (χ2v) is 6.57. The number of carbonyl (C=O) groups excluding carboxylic acids is 1. The van der Waals surface area contributed by atoms with Crippen molar-refractivity contribution in [2.45, 2.75) is 31.2 Å². The molecule has 0 saturated heterocycles. The van der Waals surface area contributed by atoms with Crippen molar-refractivity contribution in [2.24, 2.45) is 5.92 Å². The second kappa shape index (κ2) is 6.96. The number of halogens is 1. The first-order valence-corrected chi connectivity index (χ1v) is 7.70. The van der Waals surface area contributed by atoms with Crippen LogP contribution in [0.3, 0.4) is 0 Å². The molecule has 0 saturated carbocycles. The monoisotopic (exact) mass is 321 g/mol. The first-order valence-electron chi connectivity index (χ1n) is 5.84. The van der Waals surface area contributed by atoms with Gasteiger partial charge < -0.3 is 4.74 Å². The van der Waals surface area contributed by atoms with E-state index >= 15 is 0 Å². The molecule has 0 aliphatic carbocycles. The lowest BCUT2D eigenvalue weighted by molar-refractivity contribution is -0.143. The van der Waals surface area contributed by atoms with E-state index in [2.05, 4.69) is 19.4 Å². The minimum absolute atomic E-state index is 0.0596. The number of methoxy groups -OCH3 is 1. The van der Waals surface area contributed by atoms with Gasteiger partial charge in [-0.2, -0.15) is 4.72 Å². The van der Waals surface area contributed by atoms with Crippen LogP contribution in [0.4, 0.5) is 0 Å². The van der Waals surface area contributed by atoms with Gasteiger partial charge in [0.1, 0.15) is 10.9 Å². The average molecular weight is 322 g/mol. The van der Waals surface area contributed by atoms with Crippen molar-refractivity contribution in [2.75, 3.05) is 7.11 Å². The van der Waals surface area contributed by atoms with E-state index in [0.29, 0.717) is 6.42 Å². The number of aromatic nitrogens is 2. The maximum absolute atomic E-state index is 12.1. The molecule has 0 aliphatic rings. The Morgan fingerprint density at radius 3 is 2.40 bits per heavy atom. The third-order valence-electron chi connectivity index (χ3n) is 2.40. The topological polar surface area (TPSA) is 98.2 Å². The van der Waals surface area contributed by atoms with Crippen LogP contribution in [0.1, 0.15) is 20.3 Å². The van der Waals surface area contributed by atoms with E-state index in [-0.39, 0.29) is 16.1 Å². The molecule has 1 heterocycles. The molecule has 0 spiro atoms. The largest absolute Gasteiger partial charge is 0.468 e. The van der Waals surface area contributed by atoms with Gasteiger partial charge >= 0.3 is 5.97 Å². The van der Waals surface area contributed by atoms with Crippen LogP contribution in [0.2, 0.25) is 5.28 Å². The lowest BCUT2D eigenvalue weighted by atomic mass is 10.1. The third kappa shape index (κ3) is 4.69. The number of ether oxygens (including phenoxy) is 1. The first-order chi connectivity index (χ1) is 9.26. The van der Waals surface area contributed by atoms with E-state index in [1.165, 1.54) is 7.11 Å². The number of rotatable bonds is 6. The number of esters is 1. The highest BCUT2D eigenvalue weighted by atomic mass is 35.5. The Morgan fingerprint density at radius 2 is 1.95 bits per heavy atom. The van der Waals surface area contributed by atoms with Crippen molar-refractivity contribution < 1.29 is 17.9 Å². The summed E-state index contributed by atoms with van der Waals surface area (Å²) in [6, 6.07) is -0.958. The van der Waals surface area contributed by atoms with E-state index in [1.807, 2.05) is 13.8 Å². The second-order valence-electron chi connectivity index (χ2n) is 4.51. The number of sulfonamides is 1. The van der Waals surface area contributed by atoms with Gasteiger partial charge in [-0.05, 0) is 23.9 Å². The quantitative estimate of drug-likeness (QED) is 0.620. The van der Waals surface area contributed by atoms with Crippen LogP contribution >= 0.6 is 11.6 Å². The van der Waals surface area contributed by atoms with E-state index in [9.17, 15) is 13.2 Å². The molecule has 0 bridgehead atoms. The standard InChI is InChI=1S/C11H16ClN3O4S/c1-7(2)4-9(10(16)19-3)15-20(17,18)8-5-13-11(12)14-6-8/h5-7,9,15H,4H2,1-3H3.